The number of hydrogen-bond donors (Lipinski definition) is 0. The Balaban J connectivity index is 1.47. The molecule has 8 heteroatoms. The molecule has 0 unspecified atom stereocenters. The zero-order chi connectivity index (χ0) is 17.1. The van der Waals surface area contributed by atoms with Crippen molar-refractivity contribution < 1.29 is 0 Å². The largest absolute Gasteiger partial charge is 0.338 e. The molecule has 0 radical (unpaired) electrons. The summed E-state index contributed by atoms with van der Waals surface area (Å²) >= 11 is 0. The van der Waals surface area contributed by atoms with Gasteiger partial charge in [0.25, 0.3) is 0 Å². The number of nitrogens with zero attached hydrogens (tertiary/aromatic N) is 8. The minimum atomic E-state index is 0.133. The number of piperazine rings is 1. The van der Waals surface area contributed by atoms with E-state index in [1.54, 1.807) is 12.4 Å². The molecule has 128 valence electrons. The summed E-state index contributed by atoms with van der Waals surface area (Å²) in [6.45, 7) is 5.77. The molecule has 0 saturated carbocycles. The average Bonchev–Trinajstić information content (AvgIpc) is 3.19. The lowest BCUT2D eigenvalue weighted by molar-refractivity contribution is 0.189. The van der Waals surface area contributed by atoms with Gasteiger partial charge in [0.15, 0.2) is 5.82 Å². The zero-order valence-corrected chi connectivity index (χ0v) is 14.1. The number of aromatic nitrogens is 6. The van der Waals surface area contributed by atoms with Crippen molar-refractivity contribution in [1.82, 2.24) is 35.1 Å². The van der Waals surface area contributed by atoms with E-state index in [1.807, 2.05) is 41.1 Å². The second-order valence-electron chi connectivity index (χ2n) is 6.03. The molecule has 0 spiro atoms. The Bertz CT molecular complexity index is 796. The van der Waals surface area contributed by atoms with Gasteiger partial charge >= 0.3 is 0 Å². The molecule has 3 aromatic rings. The smallest absolute Gasteiger partial charge is 0.225 e. The van der Waals surface area contributed by atoms with E-state index in [2.05, 4.69) is 42.2 Å². The predicted molar refractivity (Wildman–Crippen MR) is 93.4 cm³/mol. The first-order valence-corrected chi connectivity index (χ1v) is 8.42. The molecule has 25 heavy (non-hydrogen) atoms. The summed E-state index contributed by atoms with van der Waals surface area (Å²) in [7, 11) is 0. The predicted octanol–water partition coefficient (Wildman–Crippen LogP) is 1.34. The van der Waals surface area contributed by atoms with Gasteiger partial charge in [-0.1, -0.05) is 18.2 Å². The van der Waals surface area contributed by atoms with Crippen LogP contribution in [-0.4, -0.2) is 61.3 Å². The van der Waals surface area contributed by atoms with Gasteiger partial charge in [-0.05, 0) is 35.5 Å². The Morgan fingerprint density at radius 2 is 1.64 bits per heavy atom. The summed E-state index contributed by atoms with van der Waals surface area (Å²) in [5.41, 5.74) is 0.977. The van der Waals surface area contributed by atoms with Crippen LogP contribution in [0.15, 0.2) is 48.8 Å². The van der Waals surface area contributed by atoms with Gasteiger partial charge in [0.05, 0.1) is 11.7 Å². The molecule has 0 N–H and O–H groups in total. The van der Waals surface area contributed by atoms with Gasteiger partial charge in [0.2, 0.25) is 5.95 Å². The standard InChI is InChI=1S/C17H20N8/c1-14(16-20-21-22-25(16)15-6-3-2-4-7-15)23-10-12-24(13-11-23)17-18-8-5-9-19-17/h2-9,14H,10-13H2,1H3/t14-/m0/s1. The molecule has 4 rings (SSSR count). The molecular formula is C17H20N8. The van der Waals surface area contributed by atoms with Crippen LogP contribution in [0.25, 0.3) is 5.69 Å². The molecule has 3 heterocycles. The Kier molecular flexibility index (Phi) is 4.34. The molecule has 1 fully saturated rings. The molecular weight excluding hydrogens is 316 g/mol. The molecule has 1 aromatic carbocycles. The van der Waals surface area contributed by atoms with Crippen molar-refractivity contribution in [2.24, 2.45) is 0 Å². The quantitative estimate of drug-likeness (QED) is 0.711. The maximum absolute atomic E-state index is 4.34. The van der Waals surface area contributed by atoms with E-state index >= 15 is 0 Å². The minimum Gasteiger partial charge on any atom is -0.338 e. The van der Waals surface area contributed by atoms with Crippen LogP contribution in [0.3, 0.4) is 0 Å². The van der Waals surface area contributed by atoms with Crippen molar-refractivity contribution in [2.45, 2.75) is 13.0 Å². The fourth-order valence-corrected chi connectivity index (χ4v) is 3.13. The summed E-state index contributed by atoms with van der Waals surface area (Å²) in [6, 6.07) is 12.0. The van der Waals surface area contributed by atoms with E-state index in [0.717, 1.165) is 43.6 Å². The molecule has 1 aliphatic heterocycles. The van der Waals surface area contributed by atoms with Crippen molar-refractivity contribution >= 4 is 5.95 Å². The molecule has 1 atom stereocenters. The van der Waals surface area contributed by atoms with E-state index in [1.165, 1.54) is 0 Å². The second-order valence-corrected chi connectivity index (χ2v) is 6.03. The second kappa shape index (κ2) is 6.94. The van der Waals surface area contributed by atoms with Crippen LogP contribution < -0.4 is 4.90 Å². The third-order valence-electron chi connectivity index (χ3n) is 4.57. The van der Waals surface area contributed by atoms with E-state index in [-0.39, 0.29) is 6.04 Å². The fraction of sp³-hybridized carbons (Fsp3) is 0.353. The monoisotopic (exact) mass is 336 g/mol. The summed E-state index contributed by atoms with van der Waals surface area (Å²) < 4.78 is 1.82. The third kappa shape index (κ3) is 3.20. The van der Waals surface area contributed by atoms with Crippen LogP contribution in [0.2, 0.25) is 0 Å². The lowest BCUT2D eigenvalue weighted by atomic mass is 10.2. The van der Waals surface area contributed by atoms with E-state index in [9.17, 15) is 0 Å². The van der Waals surface area contributed by atoms with Crippen LogP contribution in [-0.2, 0) is 0 Å². The van der Waals surface area contributed by atoms with Gasteiger partial charge in [0, 0.05) is 38.6 Å². The number of anilines is 1. The maximum Gasteiger partial charge on any atom is 0.225 e. The van der Waals surface area contributed by atoms with Crippen LogP contribution in [0.4, 0.5) is 5.95 Å². The van der Waals surface area contributed by atoms with Crippen molar-refractivity contribution in [2.75, 3.05) is 31.1 Å². The third-order valence-corrected chi connectivity index (χ3v) is 4.57. The van der Waals surface area contributed by atoms with Gasteiger partial charge in [-0.3, -0.25) is 4.90 Å². The van der Waals surface area contributed by atoms with Crippen molar-refractivity contribution in [3.05, 3.63) is 54.6 Å². The summed E-state index contributed by atoms with van der Waals surface area (Å²) in [5, 5.41) is 12.3. The Morgan fingerprint density at radius 1 is 0.920 bits per heavy atom. The molecule has 1 saturated heterocycles. The Labute approximate surface area is 146 Å². The van der Waals surface area contributed by atoms with Crippen molar-refractivity contribution in [3.63, 3.8) is 0 Å². The highest BCUT2D eigenvalue weighted by Crippen LogP contribution is 2.22. The highest BCUT2D eigenvalue weighted by Gasteiger charge is 2.26. The van der Waals surface area contributed by atoms with Crippen LogP contribution >= 0.6 is 0 Å². The number of tetrazole rings is 1. The minimum absolute atomic E-state index is 0.133. The normalized spacial score (nSPS) is 16.8. The molecule has 0 amide bonds. The molecule has 2 aromatic heterocycles. The van der Waals surface area contributed by atoms with Gasteiger partial charge in [0.1, 0.15) is 0 Å². The van der Waals surface area contributed by atoms with Crippen molar-refractivity contribution in [1.29, 1.82) is 0 Å². The van der Waals surface area contributed by atoms with E-state index < -0.39 is 0 Å². The first-order chi connectivity index (χ1) is 12.3. The number of rotatable bonds is 4. The van der Waals surface area contributed by atoms with Gasteiger partial charge in [-0.15, -0.1) is 5.10 Å². The van der Waals surface area contributed by atoms with Gasteiger partial charge in [-0.25, -0.2) is 9.97 Å². The van der Waals surface area contributed by atoms with Crippen LogP contribution in [0.1, 0.15) is 18.8 Å². The molecule has 0 bridgehead atoms. The maximum atomic E-state index is 4.34. The first-order valence-electron chi connectivity index (χ1n) is 8.42. The lowest BCUT2D eigenvalue weighted by Crippen LogP contribution is -2.48. The Morgan fingerprint density at radius 3 is 2.36 bits per heavy atom. The molecule has 8 nitrogen and oxygen atoms in total. The van der Waals surface area contributed by atoms with Crippen LogP contribution in [0, 0.1) is 0 Å². The number of hydrogen-bond acceptors (Lipinski definition) is 7. The van der Waals surface area contributed by atoms with Gasteiger partial charge < -0.3 is 4.90 Å². The number of para-hydroxylation sites is 1. The van der Waals surface area contributed by atoms with Crippen molar-refractivity contribution in [3.8, 4) is 5.69 Å². The summed E-state index contributed by atoms with van der Waals surface area (Å²) in [4.78, 5) is 13.3. The van der Waals surface area contributed by atoms with Gasteiger partial charge in [-0.2, -0.15) is 4.68 Å². The molecule has 1 aliphatic rings. The Hall–Kier alpha value is -2.87. The lowest BCUT2D eigenvalue weighted by Gasteiger charge is -2.37. The van der Waals surface area contributed by atoms with E-state index in [4.69, 9.17) is 0 Å². The average molecular weight is 336 g/mol. The highest BCUT2D eigenvalue weighted by atomic mass is 15.6. The first kappa shape index (κ1) is 15.6. The highest BCUT2D eigenvalue weighted by molar-refractivity contribution is 5.31. The zero-order valence-electron chi connectivity index (χ0n) is 14.1. The fourth-order valence-electron chi connectivity index (χ4n) is 3.13. The SMILES string of the molecule is C[C@@H](c1nnnn1-c1ccccc1)N1CCN(c2ncccn2)CC1. The number of benzene rings is 1. The topological polar surface area (TPSA) is 75.9 Å². The summed E-state index contributed by atoms with van der Waals surface area (Å²) in [5.74, 6) is 1.65. The summed E-state index contributed by atoms with van der Waals surface area (Å²) in [6.07, 6.45) is 3.57. The van der Waals surface area contributed by atoms with Crippen LogP contribution in [0.5, 0.6) is 0 Å². The molecule has 0 aliphatic carbocycles. The van der Waals surface area contributed by atoms with E-state index in [0.29, 0.717) is 0 Å².